The molecule has 0 N–H and O–H groups in total. The lowest BCUT2D eigenvalue weighted by Gasteiger charge is -2.14. The Morgan fingerprint density at radius 1 is 1.00 bits per heavy atom. The summed E-state index contributed by atoms with van der Waals surface area (Å²) in [5, 5.41) is 0. The van der Waals surface area contributed by atoms with Gasteiger partial charge in [-0.25, -0.2) is 0 Å². The van der Waals surface area contributed by atoms with Crippen LogP contribution in [0.4, 0.5) is 0 Å². The van der Waals surface area contributed by atoms with Crippen LogP contribution in [0, 0.1) is 0 Å². The van der Waals surface area contributed by atoms with Crippen LogP contribution in [0.25, 0.3) is 0 Å². The molecule has 1 atom stereocenters. The Labute approximate surface area is 114 Å². The van der Waals surface area contributed by atoms with Crippen LogP contribution < -0.4 is 0 Å². The molecule has 0 aromatic heterocycles. The monoisotopic (exact) mass is 254 g/mol. The first-order valence-corrected chi connectivity index (χ1v) is 6.56. The summed E-state index contributed by atoms with van der Waals surface area (Å²) in [4.78, 5) is 12.1. The topological polar surface area (TPSA) is 26.3 Å². The lowest BCUT2D eigenvalue weighted by molar-refractivity contribution is -0.146. The maximum Gasteiger partial charge on any atom is 0.313 e. The van der Waals surface area contributed by atoms with Crippen LogP contribution in [-0.2, 0) is 16.1 Å². The number of ether oxygens (including phenoxy) is 1. The van der Waals surface area contributed by atoms with Gasteiger partial charge in [0, 0.05) is 0 Å². The standard InChI is InChI=1S/C17H18O2/c1-2-16(15-11-7-4-8-12-15)17(18)19-13-14-9-5-3-6-10-14/h3-12,16H,2,13H2,1H3/t16-/m1/s1. The zero-order chi connectivity index (χ0) is 13.5. The molecule has 2 heteroatoms. The molecule has 2 rings (SSSR count). The molecule has 0 unspecified atom stereocenters. The summed E-state index contributed by atoms with van der Waals surface area (Å²) < 4.78 is 5.40. The predicted molar refractivity (Wildman–Crippen MR) is 75.7 cm³/mol. The summed E-state index contributed by atoms with van der Waals surface area (Å²) in [6.07, 6.45) is 0.748. The van der Waals surface area contributed by atoms with Gasteiger partial charge in [0.1, 0.15) is 6.61 Å². The van der Waals surface area contributed by atoms with Gasteiger partial charge in [-0.2, -0.15) is 0 Å². The molecule has 19 heavy (non-hydrogen) atoms. The predicted octanol–water partition coefficient (Wildman–Crippen LogP) is 3.92. The fourth-order valence-electron chi connectivity index (χ4n) is 2.05. The number of hydrogen-bond acceptors (Lipinski definition) is 2. The van der Waals surface area contributed by atoms with Crippen molar-refractivity contribution in [3.05, 3.63) is 71.8 Å². The summed E-state index contributed by atoms with van der Waals surface area (Å²) in [5.41, 5.74) is 2.03. The molecule has 0 fully saturated rings. The maximum absolute atomic E-state index is 12.1. The third kappa shape index (κ3) is 3.68. The first-order chi connectivity index (χ1) is 9.31. The van der Waals surface area contributed by atoms with Crippen LogP contribution in [-0.4, -0.2) is 5.97 Å². The highest BCUT2D eigenvalue weighted by Gasteiger charge is 2.19. The number of carbonyl (C=O) groups is 1. The van der Waals surface area contributed by atoms with Gasteiger partial charge in [-0.3, -0.25) is 4.79 Å². The quantitative estimate of drug-likeness (QED) is 0.756. The highest BCUT2D eigenvalue weighted by molar-refractivity contribution is 5.78. The van der Waals surface area contributed by atoms with E-state index in [1.54, 1.807) is 0 Å². The lowest BCUT2D eigenvalue weighted by atomic mass is 9.97. The Bertz CT molecular complexity index is 505. The van der Waals surface area contributed by atoms with E-state index in [1.807, 2.05) is 67.6 Å². The van der Waals surface area contributed by atoms with Crippen molar-refractivity contribution in [1.82, 2.24) is 0 Å². The molecule has 2 nitrogen and oxygen atoms in total. The normalized spacial score (nSPS) is 11.8. The zero-order valence-corrected chi connectivity index (χ0v) is 11.1. The third-order valence-electron chi connectivity index (χ3n) is 3.12. The van der Waals surface area contributed by atoms with Crippen molar-refractivity contribution in [3.8, 4) is 0 Å². The molecular formula is C17H18O2. The molecule has 2 aromatic carbocycles. The van der Waals surface area contributed by atoms with Crippen molar-refractivity contribution in [2.45, 2.75) is 25.9 Å². The molecule has 0 heterocycles. The second-order valence-corrected chi connectivity index (χ2v) is 4.46. The van der Waals surface area contributed by atoms with Crippen LogP contribution in [0.5, 0.6) is 0 Å². The first-order valence-electron chi connectivity index (χ1n) is 6.56. The number of carbonyl (C=O) groups excluding carboxylic acids is 1. The van der Waals surface area contributed by atoms with E-state index in [-0.39, 0.29) is 11.9 Å². The second kappa shape index (κ2) is 6.74. The van der Waals surface area contributed by atoms with Crippen LogP contribution in [0.15, 0.2) is 60.7 Å². The second-order valence-electron chi connectivity index (χ2n) is 4.46. The van der Waals surface area contributed by atoms with E-state index in [1.165, 1.54) is 0 Å². The Morgan fingerprint density at radius 2 is 1.58 bits per heavy atom. The SMILES string of the molecule is CC[C@@H](C(=O)OCc1ccccc1)c1ccccc1. The number of benzene rings is 2. The lowest BCUT2D eigenvalue weighted by Crippen LogP contribution is -2.15. The Morgan fingerprint density at radius 3 is 2.16 bits per heavy atom. The van der Waals surface area contributed by atoms with Crippen LogP contribution >= 0.6 is 0 Å². The molecular weight excluding hydrogens is 236 g/mol. The molecule has 0 aliphatic rings. The van der Waals surface area contributed by atoms with Crippen molar-refractivity contribution in [2.24, 2.45) is 0 Å². The third-order valence-corrected chi connectivity index (χ3v) is 3.12. The van der Waals surface area contributed by atoms with Crippen molar-refractivity contribution < 1.29 is 9.53 Å². The minimum absolute atomic E-state index is 0.155. The molecule has 0 amide bonds. The van der Waals surface area contributed by atoms with Gasteiger partial charge in [0.05, 0.1) is 5.92 Å². The van der Waals surface area contributed by atoms with Gasteiger partial charge >= 0.3 is 5.97 Å². The van der Waals surface area contributed by atoms with Gasteiger partial charge < -0.3 is 4.74 Å². The molecule has 0 saturated heterocycles. The van der Waals surface area contributed by atoms with Gasteiger partial charge in [-0.05, 0) is 17.5 Å². The fourth-order valence-corrected chi connectivity index (χ4v) is 2.05. The molecule has 0 bridgehead atoms. The number of esters is 1. The minimum atomic E-state index is -0.176. The van der Waals surface area contributed by atoms with Gasteiger partial charge in [0.15, 0.2) is 0 Å². The molecule has 2 aromatic rings. The Kier molecular flexibility index (Phi) is 4.73. The van der Waals surface area contributed by atoms with Crippen LogP contribution in [0.3, 0.4) is 0 Å². The average molecular weight is 254 g/mol. The van der Waals surface area contributed by atoms with Gasteiger partial charge in [-0.1, -0.05) is 67.6 Å². The molecule has 0 radical (unpaired) electrons. The van der Waals surface area contributed by atoms with E-state index in [0.29, 0.717) is 6.61 Å². The summed E-state index contributed by atoms with van der Waals surface area (Å²) in [6.45, 7) is 2.34. The fraction of sp³-hybridized carbons (Fsp3) is 0.235. The van der Waals surface area contributed by atoms with E-state index < -0.39 is 0 Å². The van der Waals surface area contributed by atoms with E-state index >= 15 is 0 Å². The molecule has 0 saturated carbocycles. The molecule has 0 aliphatic carbocycles. The Balaban J connectivity index is 1.98. The summed E-state index contributed by atoms with van der Waals surface area (Å²) >= 11 is 0. The number of rotatable bonds is 5. The van der Waals surface area contributed by atoms with Crippen molar-refractivity contribution in [1.29, 1.82) is 0 Å². The van der Waals surface area contributed by atoms with E-state index in [2.05, 4.69) is 0 Å². The first kappa shape index (κ1) is 13.3. The van der Waals surface area contributed by atoms with Gasteiger partial charge in [-0.15, -0.1) is 0 Å². The molecule has 98 valence electrons. The molecule has 0 spiro atoms. The highest BCUT2D eigenvalue weighted by atomic mass is 16.5. The zero-order valence-electron chi connectivity index (χ0n) is 11.1. The maximum atomic E-state index is 12.1. The van der Waals surface area contributed by atoms with E-state index in [9.17, 15) is 4.79 Å². The minimum Gasteiger partial charge on any atom is -0.460 e. The van der Waals surface area contributed by atoms with Gasteiger partial charge in [0.2, 0.25) is 0 Å². The summed E-state index contributed by atoms with van der Waals surface area (Å²) in [6, 6.07) is 19.5. The Hall–Kier alpha value is -2.09. The van der Waals surface area contributed by atoms with E-state index in [0.717, 1.165) is 17.5 Å². The summed E-state index contributed by atoms with van der Waals surface area (Å²) in [5.74, 6) is -0.331. The highest BCUT2D eigenvalue weighted by Crippen LogP contribution is 2.21. The molecule has 0 aliphatic heterocycles. The van der Waals surface area contributed by atoms with Crippen molar-refractivity contribution in [3.63, 3.8) is 0 Å². The summed E-state index contributed by atoms with van der Waals surface area (Å²) in [7, 11) is 0. The van der Waals surface area contributed by atoms with E-state index in [4.69, 9.17) is 4.74 Å². The smallest absolute Gasteiger partial charge is 0.313 e. The van der Waals surface area contributed by atoms with Crippen molar-refractivity contribution in [2.75, 3.05) is 0 Å². The van der Waals surface area contributed by atoms with Gasteiger partial charge in [0.25, 0.3) is 0 Å². The van der Waals surface area contributed by atoms with Crippen LogP contribution in [0.1, 0.15) is 30.4 Å². The van der Waals surface area contributed by atoms with Crippen molar-refractivity contribution >= 4 is 5.97 Å². The van der Waals surface area contributed by atoms with Crippen LogP contribution in [0.2, 0.25) is 0 Å². The largest absolute Gasteiger partial charge is 0.460 e. The number of hydrogen-bond donors (Lipinski definition) is 0. The average Bonchev–Trinajstić information content (AvgIpc) is 2.48.